The molecule has 12 heteroatoms. The third-order valence-corrected chi connectivity index (χ3v) is 13.1. The third-order valence-electron chi connectivity index (χ3n) is 9.38. The Morgan fingerprint density at radius 2 is 1.02 bits per heavy atom. The first-order valence-electron chi connectivity index (χ1n) is 16.3. The molecule has 4 aromatic carbocycles. The second-order valence-corrected chi connectivity index (χ2v) is 16.0. The number of anilines is 6. The van der Waals surface area contributed by atoms with Gasteiger partial charge in [-0.15, -0.1) is 0 Å². The Morgan fingerprint density at radius 3 is 1.53 bits per heavy atom. The topological polar surface area (TPSA) is 123 Å². The van der Waals surface area contributed by atoms with Gasteiger partial charge in [-0.05, 0) is 109 Å². The van der Waals surface area contributed by atoms with E-state index < -0.39 is 21.9 Å². The molecule has 2 atom stereocenters. The fourth-order valence-electron chi connectivity index (χ4n) is 7.21. The van der Waals surface area contributed by atoms with Gasteiger partial charge < -0.3 is 10.6 Å². The number of nitrogens with zero attached hydrogens (tertiary/aromatic N) is 5. The van der Waals surface area contributed by atoms with Gasteiger partial charge in [-0.2, -0.15) is 0 Å². The molecule has 0 saturated carbocycles. The molecule has 4 aromatic rings. The van der Waals surface area contributed by atoms with Gasteiger partial charge in [0, 0.05) is 31.7 Å². The molecule has 2 unspecified atom stereocenters. The summed E-state index contributed by atoms with van der Waals surface area (Å²) in [6, 6.07) is 34.9. The molecule has 0 aromatic heterocycles. The number of rotatable bonds is 10. The van der Waals surface area contributed by atoms with Gasteiger partial charge in [0.1, 0.15) is 0 Å². The Bertz CT molecular complexity index is 1670. The summed E-state index contributed by atoms with van der Waals surface area (Å²) in [5.41, 5.74) is 11.2. The SMILES string of the molecule is NC1CCN(CCCN2c3ccccc3N(c3ccccc3)S2(O)O)C(CCCN2c3ccccc3N(c3ccccc3)S2(O)O)C1. The standard InChI is InChI=1S/C35H44N6O4S2/c36-28-22-26-37(23-12-25-39-33-19-8-10-21-35(33)41(47(39,44)45)30-15-5-2-6-16-30)31(27-28)17-11-24-38-32-18-7-9-20-34(32)40(46(38,42)43)29-13-3-1-4-14-29/h1-10,13-16,18-21,28,31,42-45H,11-12,17,22-27,36H2. The average molecular weight is 677 g/mol. The van der Waals surface area contributed by atoms with E-state index in [0.29, 0.717) is 13.1 Å². The number of piperidine rings is 1. The van der Waals surface area contributed by atoms with E-state index in [2.05, 4.69) is 4.90 Å². The van der Waals surface area contributed by atoms with E-state index in [-0.39, 0.29) is 12.1 Å². The molecule has 10 nitrogen and oxygen atoms in total. The first kappa shape index (κ1) is 32.1. The van der Waals surface area contributed by atoms with Crippen LogP contribution in [0.5, 0.6) is 0 Å². The highest BCUT2D eigenvalue weighted by Gasteiger charge is 2.43. The molecule has 1 fully saturated rings. The van der Waals surface area contributed by atoms with E-state index in [0.717, 1.165) is 79.3 Å². The van der Waals surface area contributed by atoms with Gasteiger partial charge in [0.05, 0.1) is 34.1 Å². The number of hydrogen-bond acceptors (Lipinski definition) is 10. The molecule has 6 N–H and O–H groups in total. The molecule has 250 valence electrons. The minimum atomic E-state index is -3.28. The maximum absolute atomic E-state index is 11.6. The number of nitrogens with two attached hydrogens (primary N) is 1. The highest BCUT2D eigenvalue weighted by atomic mass is 32.3. The largest absolute Gasteiger partial charge is 0.328 e. The van der Waals surface area contributed by atoms with Crippen LogP contribution in [0.3, 0.4) is 0 Å². The van der Waals surface area contributed by atoms with E-state index in [9.17, 15) is 18.2 Å². The van der Waals surface area contributed by atoms with Crippen molar-refractivity contribution < 1.29 is 18.2 Å². The molecule has 0 radical (unpaired) electrons. The lowest BCUT2D eigenvalue weighted by molar-refractivity contribution is 0.126. The van der Waals surface area contributed by atoms with E-state index in [4.69, 9.17) is 5.73 Å². The van der Waals surface area contributed by atoms with Crippen molar-refractivity contribution in [2.45, 2.75) is 44.2 Å². The summed E-state index contributed by atoms with van der Waals surface area (Å²) in [6.07, 6.45) is 4.20. The molecule has 7 rings (SSSR count). The molecular weight excluding hydrogens is 633 g/mol. The van der Waals surface area contributed by atoms with Gasteiger partial charge in [0.25, 0.3) is 0 Å². The summed E-state index contributed by atoms with van der Waals surface area (Å²) < 4.78 is 53.0. The first-order valence-corrected chi connectivity index (χ1v) is 19.2. The van der Waals surface area contributed by atoms with Crippen molar-refractivity contribution in [3.05, 3.63) is 109 Å². The van der Waals surface area contributed by atoms with Crippen LogP contribution >= 0.6 is 21.9 Å². The van der Waals surface area contributed by atoms with Gasteiger partial charge in [-0.3, -0.25) is 26.8 Å². The smallest absolute Gasteiger partial charge is 0.0896 e. The number of para-hydroxylation sites is 6. The fraction of sp³-hybridized carbons (Fsp3) is 0.314. The number of fused-ring (bicyclic) bond motifs is 2. The van der Waals surface area contributed by atoms with Gasteiger partial charge in [-0.1, -0.05) is 60.7 Å². The maximum atomic E-state index is 11.6. The van der Waals surface area contributed by atoms with Crippen LogP contribution in [-0.2, 0) is 0 Å². The van der Waals surface area contributed by atoms with E-state index in [1.807, 2.05) is 109 Å². The molecule has 1 saturated heterocycles. The predicted octanol–water partition coefficient (Wildman–Crippen LogP) is 8.43. The monoisotopic (exact) mass is 676 g/mol. The van der Waals surface area contributed by atoms with Gasteiger partial charge >= 0.3 is 0 Å². The molecular formula is C35H44N6O4S2. The zero-order chi connectivity index (χ0) is 32.6. The average Bonchev–Trinajstić information content (AvgIpc) is 3.44. The Morgan fingerprint density at radius 1 is 0.574 bits per heavy atom. The van der Waals surface area contributed by atoms with Crippen molar-refractivity contribution in [1.82, 2.24) is 4.90 Å². The van der Waals surface area contributed by atoms with Crippen molar-refractivity contribution in [1.29, 1.82) is 0 Å². The van der Waals surface area contributed by atoms with Crippen LogP contribution in [0.15, 0.2) is 109 Å². The Hall–Kier alpha value is -3.46. The normalized spacial score (nSPS) is 23.0. The van der Waals surface area contributed by atoms with Crippen LogP contribution < -0.4 is 23.0 Å². The Balaban J connectivity index is 1.01. The number of benzene rings is 4. The zero-order valence-electron chi connectivity index (χ0n) is 26.3. The van der Waals surface area contributed by atoms with E-state index in [1.54, 1.807) is 17.2 Å². The highest BCUT2D eigenvalue weighted by Crippen LogP contribution is 2.65. The maximum Gasteiger partial charge on any atom is 0.0896 e. The molecule has 3 aliphatic heterocycles. The van der Waals surface area contributed by atoms with Crippen LogP contribution in [0.25, 0.3) is 0 Å². The second-order valence-electron chi connectivity index (χ2n) is 12.4. The summed E-state index contributed by atoms with van der Waals surface area (Å²) in [5, 5.41) is 0. The van der Waals surface area contributed by atoms with Crippen LogP contribution in [0.4, 0.5) is 34.1 Å². The van der Waals surface area contributed by atoms with Crippen molar-refractivity contribution in [2.75, 3.05) is 43.4 Å². The summed E-state index contributed by atoms with van der Waals surface area (Å²) in [4.78, 5) is 2.48. The molecule has 3 heterocycles. The molecule has 0 aliphatic carbocycles. The van der Waals surface area contributed by atoms with Crippen molar-refractivity contribution in [3.63, 3.8) is 0 Å². The fourth-order valence-corrected chi connectivity index (χ4v) is 10.8. The lowest BCUT2D eigenvalue weighted by Gasteiger charge is -2.45. The second kappa shape index (κ2) is 13.2. The van der Waals surface area contributed by atoms with Crippen molar-refractivity contribution >= 4 is 56.0 Å². The summed E-state index contributed by atoms with van der Waals surface area (Å²) in [5.74, 6) is 0. The molecule has 0 spiro atoms. The highest BCUT2D eigenvalue weighted by molar-refractivity contribution is 8.27. The summed E-state index contributed by atoms with van der Waals surface area (Å²) in [7, 11) is -6.55. The van der Waals surface area contributed by atoms with Gasteiger partial charge in [-0.25, -0.2) is 8.61 Å². The van der Waals surface area contributed by atoms with E-state index in [1.165, 1.54) is 0 Å². The third kappa shape index (κ3) is 6.05. The molecule has 0 amide bonds. The number of likely N-dealkylation sites (tertiary alicyclic amines) is 1. The zero-order valence-corrected chi connectivity index (χ0v) is 28.0. The molecule has 3 aliphatic rings. The van der Waals surface area contributed by atoms with Crippen LogP contribution in [0.1, 0.15) is 32.1 Å². The van der Waals surface area contributed by atoms with E-state index >= 15 is 0 Å². The lowest BCUT2D eigenvalue weighted by atomic mass is 9.94. The van der Waals surface area contributed by atoms with Crippen LogP contribution in [0, 0.1) is 0 Å². The minimum Gasteiger partial charge on any atom is -0.328 e. The van der Waals surface area contributed by atoms with Gasteiger partial charge in [0.2, 0.25) is 0 Å². The quantitative estimate of drug-likeness (QED) is 0.112. The summed E-state index contributed by atoms with van der Waals surface area (Å²) >= 11 is 0. The summed E-state index contributed by atoms with van der Waals surface area (Å²) in [6.45, 7) is 2.69. The van der Waals surface area contributed by atoms with Crippen molar-refractivity contribution in [3.8, 4) is 0 Å². The van der Waals surface area contributed by atoms with Gasteiger partial charge in [0.15, 0.2) is 0 Å². The Kier molecular flexibility index (Phi) is 9.02. The van der Waals surface area contributed by atoms with Crippen molar-refractivity contribution in [2.24, 2.45) is 5.73 Å². The number of hydrogen-bond donors (Lipinski definition) is 5. The minimum absolute atomic E-state index is 0.134. The Labute approximate surface area is 280 Å². The van der Waals surface area contributed by atoms with Crippen LogP contribution in [-0.4, -0.2) is 61.4 Å². The first-order chi connectivity index (χ1) is 22.8. The predicted molar refractivity (Wildman–Crippen MR) is 197 cm³/mol. The molecule has 47 heavy (non-hydrogen) atoms. The lowest BCUT2D eigenvalue weighted by Crippen LogP contribution is -2.48. The van der Waals surface area contributed by atoms with Crippen LogP contribution in [0.2, 0.25) is 0 Å². The molecule has 0 bridgehead atoms.